The van der Waals surface area contributed by atoms with Gasteiger partial charge in [-0.3, -0.25) is 0 Å². The predicted molar refractivity (Wildman–Crippen MR) is 46.2 cm³/mol. The lowest BCUT2D eigenvalue weighted by Crippen LogP contribution is -1.91. The van der Waals surface area contributed by atoms with Gasteiger partial charge in [-0.1, -0.05) is 18.2 Å². The predicted octanol–water partition coefficient (Wildman–Crippen LogP) is 2.38. The van der Waals surface area contributed by atoms with Crippen LogP contribution >= 0.6 is 0 Å². The van der Waals surface area contributed by atoms with Crippen LogP contribution < -0.4 is 0 Å². The van der Waals surface area contributed by atoms with Crippen LogP contribution in [0.25, 0.3) is 0 Å². The molecule has 0 bridgehead atoms. The molecular weight excluding hydrogens is 138 g/mol. The van der Waals surface area contributed by atoms with E-state index in [-0.39, 0.29) is 0 Å². The number of hydrogen-bond acceptors (Lipinski definition) is 2. The molecule has 0 amide bonds. The second-order valence-corrected chi connectivity index (χ2v) is 2.17. The highest BCUT2D eigenvalue weighted by Crippen LogP contribution is 2.09. The molecule has 1 aromatic rings. The van der Waals surface area contributed by atoms with Crippen LogP contribution in [0.1, 0.15) is 6.92 Å². The molecule has 0 fully saturated rings. The van der Waals surface area contributed by atoms with Crippen LogP contribution in [0.2, 0.25) is 0 Å². The first kappa shape index (κ1) is 7.79. The van der Waals surface area contributed by atoms with Crippen LogP contribution in [0.15, 0.2) is 35.3 Å². The fourth-order valence-corrected chi connectivity index (χ4v) is 0.730. The molecule has 0 aliphatic carbocycles. The van der Waals surface area contributed by atoms with Gasteiger partial charge in [-0.15, -0.1) is 0 Å². The molecule has 0 unspecified atom stereocenters. The Morgan fingerprint density at radius 3 is 2.45 bits per heavy atom. The Balaban J connectivity index is 2.79. The van der Waals surface area contributed by atoms with Crippen molar-refractivity contribution in [3.05, 3.63) is 30.3 Å². The van der Waals surface area contributed by atoms with E-state index in [2.05, 4.69) is 4.99 Å². The van der Waals surface area contributed by atoms with E-state index in [4.69, 9.17) is 4.74 Å². The van der Waals surface area contributed by atoms with E-state index in [1.54, 1.807) is 7.11 Å². The summed E-state index contributed by atoms with van der Waals surface area (Å²) in [5, 5.41) is 0. The van der Waals surface area contributed by atoms with Gasteiger partial charge in [0, 0.05) is 6.92 Å². The van der Waals surface area contributed by atoms with Crippen LogP contribution in [0, 0.1) is 0 Å². The Morgan fingerprint density at radius 2 is 1.91 bits per heavy atom. The van der Waals surface area contributed by atoms with Gasteiger partial charge in [0.15, 0.2) is 5.90 Å². The lowest BCUT2D eigenvalue weighted by Gasteiger charge is -1.96. The zero-order chi connectivity index (χ0) is 8.10. The van der Waals surface area contributed by atoms with Gasteiger partial charge < -0.3 is 4.74 Å². The van der Waals surface area contributed by atoms with Gasteiger partial charge in [-0.25, -0.2) is 4.99 Å². The molecule has 0 saturated carbocycles. The largest absolute Gasteiger partial charge is 0.484 e. The Labute approximate surface area is 66.5 Å². The molecule has 1 rings (SSSR count). The lowest BCUT2D eigenvalue weighted by atomic mass is 10.3. The average molecular weight is 149 g/mol. The molecule has 0 aliphatic rings. The van der Waals surface area contributed by atoms with E-state index in [0.29, 0.717) is 5.90 Å². The molecule has 0 heterocycles. The fraction of sp³-hybridized carbons (Fsp3) is 0.222. The maximum atomic E-state index is 4.90. The van der Waals surface area contributed by atoms with Crippen molar-refractivity contribution in [1.29, 1.82) is 0 Å². The summed E-state index contributed by atoms with van der Waals surface area (Å²) < 4.78 is 4.90. The summed E-state index contributed by atoms with van der Waals surface area (Å²) in [6.07, 6.45) is 0. The van der Waals surface area contributed by atoms with E-state index in [1.165, 1.54) is 0 Å². The summed E-state index contributed by atoms with van der Waals surface area (Å²) in [6, 6.07) is 9.72. The number of rotatable bonds is 1. The summed E-state index contributed by atoms with van der Waals surface area (Å²) in [5.41, 5.74) is 0.923. The number of benzene rings is 1. The number of para-hydroxylation sites is 1. The molecule has 0 atom stereocenters. The number of ether oxygens (including phenoxy) is 1. The maximum Gasteiger partial charge on any atom is 0.184 e. The summed E-state index contributed by atoms with van der Waals surface area (Å²) in [5.74, 6) is 0.677. The van der Waals surface area contributed by atoms with Gasteiger partial charge >= 0.3 is 0 Å². The second-order valence-electron chi connectivity index (χ2n) is 2.17. The van der Waals surface area contributed by atoms with E-state index >= 15 is 0 Å². The minimum absolute atomic E-state index is 0.677. The minimum Gasteiger partial charge on any atom is -0.484 e. The highest BCUT2D eigenvalue weighted by Gasteiger charge is 1.87. The van der Waals surface area contributed by atoms with Gasteiger partial charge in [0.2, 0.25) is 0 Å². The van der Waals surface area contributed by atoms with Crippen molar-refractivity contribution >= 4 is 11.6 Å². The molecule has 2 heteroatoms. The second kappa shape index (κ2) is 3.76. The highest BCUT2D eigenvalue weighted by atomic mass is 16.5. The molecular formula is C9H11NO. The van der Waals surface area contributed by atoms with Gasteiger partial charge in [-0.05, 0) is 12.1 Å². The van der Waals surface area contributed by atoms with E-state index in [1.807, 2.05) is 37.3 Å². The first-order valence-electron chi connectivity index (χ1n) is 3.47. The van der Waals surface area contributed by atoms with E-state index in [9.17, 15) is 0 Å². The third kappa shape index (κ3) is 2.42. The molecule has 11 heavy (non-hydrogen) atoms. The van der Waals surface area contributed by atoms with Crippen LogP contribution in [0.5, 0.6) is 0 Å². The SMILES string of the molecule is COC(C)=Nc1ccccc1. The zero-order valence-electron chi connectivity index (χ0n) is 6.74. The van der Waals surface area contributed by atoms with Crippen molar-refractivity contribution in [3.63, 3.8) is 0 Å². The number of nitrogens with zero attached hydrogens (tertiary/aromatic N) is 1. The third-order valence-electron chi connectivity index (χ3n) is 1.34. The van der Waals surface area contributed by atoms with Crippen molar-refractivity contribution in [2.45, 2.75) is 6.92 Å². The molecule has 0 radical (unpaired) electrons. The van der Waals surface area contributed by atoms with Gasteiger partial charge in [0.1, 0.15) is 0 Å². The Kier molecular flexibility index (Phi) is 2.66. The molecule has 0 N–H and O–H groups in total. The molecule has 58 valence electrons. The van der Waals surface area contributed by atoms with Crippen molar-refractivity contribution in [2.75, 3.05) is 7.11 Å². The van der Waals surface area contributed by atoms with Crippen LogP contribution in [-0.4, -0.2) is 13.0 Å². The number of hydrogen-bond donors (Lipinski definition) is 0. The normalized spacial score (nSPS) is 11.3. The quantitative estimate of drug-likeness (QED) is 0.443. The summed E-state index contributed by atoms with van der Waals surface area (Å²) in [6.45, 7) is 1.83. The first-order chi connectivity index (χ1) is 5.33. The Hall–Kier alpha value is -1.31. The first-order valence-corrected chi connectivity index (χ1v) is 3.47. The minimum atomic E-state index is 0.677. The van der Waals surface area contributed by atoms with Gasteiger partial charge in [0.25, 0.3) is 0 Å². The molecule has 1 aromatic carbocycles. The maximum absolute atomic E-state index is 4.90. The van der Waals surface area contributed by atoms with Crippen molar-refractivity contribution in [1.82, 2.24) is 0 Å². The summed E-state index contributed by atoms with van der Waals surface area (Å²) in [4.78, 5) is 4.17. The van der Waals surface area contributed by atoms with Crippen LogP contribution in [0.4, 0.5) is 5.69 Å². The fourth-order valence-electron chi connectivity index (χ4n) is 0.730. The number of methoxy groups -OCH3 is 1. The Morgan fingerprint density at radius 1 is 1.27 bits per heavy atom. The van der Waals surface area contributed by atoms with Crippen molar-refractivity contribution < 1.29 is 4.74 Å². The molecule has 0 spiro atoms. The van der Waals surface area contributed by atoms with Gasteiger partial charge in [0.05, 0.1) is 12.8 Å². The monoisotopic (exact) mass is 149 g/mol. The summed E-state index contributed by atoms with van der Waals surface area (Å²) in [7, 11) is 1.61. The molecule has 2 nitrogen and oxygen atoms in total. The van der Waals surface area contributed by atoms with Crippen molar-refractivity contribution in [3.8, 4) is 0 Å². The lowest BCUT2D eigenvalue weighted by molar-refractivity contribution is 0.400. The smallest absolute Gasteiger partial charge is 0.184 e. The zero-order valence-corrected chi connectivity index (χ0v) is 6.74. The van der Waals surface area contributed by atoms with Crippen LogP contribution in [0.3, 0.4) is 0 Å². The standard InChI is InChI=1S/C9H11NO/c1-8(11-2)10-9-6-4-3-5-7-9/h3-7H,1-2H3. The topological polar surface area (TPSA) is 21.6 Å². The van der Waals surface area contributed by atoms with E-state index in [0.717, 1.165) is 5.69 Å². The molecule has 0 aliphatic heterocycles. The Bertz CT molecular complexity index is 241. The number of aliphatic imine (C=N–C) groups is 1. The summed E-state index contributed by atoms with van der Waals surface area (Å²) >= 11 is 0. The van der Waals surface area contributed by atoms with Crippen molar-refractivity contribution in [2.24, 2.45) is 4.99 Å². The highest BCUT2D eigenvalue weighted by molar-refractivity contribution is 5.76. The molecule has 0 aromatic heterocycles. The van der Waals surface area contributed by atoms with Gasteiger partial charge in [-0.2, -0.15) is 0 Å². The third-order valence-corrected chi connectivity index (χ3v) is 1.34. The molecule has 0 saturated heterocycles. The average Bonchev–Trinajstić information content (AvgIpc) is 2.06. The van der Waals surface area contributed by atoms with E-state index < -0.39 is 0 Å². The van der Waals surface area contributed by atoms with Crippen LogP contribution in [-0.2, 0) is 4.74 Å².